The van der Waals surface area contributed by atoms with E-state index in [1.807, 2.05) is 13.8 Å². The lowest BCUT2D eigenvalue weighted by Gasteiger charge is -2.36. The molecule has 0 aliphatic carbocycles. The lowest BCUT2D eigenvalue weighted by atomic mass is 9.69. The highest BCUT2D eigenvalue weighted by Gasteiger charge is 2.40. The van der Waals surface area contributed by atoms with Crippen LogP contribution in [0, 0.1) is 10.8 Å². The van der Waals surface area contributed by atoms with Crippen molar-refractivity contribution in [2.45, 2.75) is 78.1 Å². The summed E-state index contributed by atoms with van der Waals surface area (Å²) in [7, 11) is -8.21. The summed E-state index contributed by atoms with van der Waals surface area (Å²) in [6, 6.07) is 5.69. The molecule has 2 unspecified atom stereocenters. The van der Waals surface area contributed by atoms with E-state index in [2.05, 4.69) is 41.5 Å². The number of hydrogen-bond acceptors (Lipinski definition) is 3. The second-order valence-electron chi connectivity index (χ2n) is 8.55. The number of nitrogens with one attached hydrogen (secondary N) is 1. The molecule has 0 amide bonds. The van der Waals surface area contributed by atoms with Gasteiger partial charge in [0.2, 0.25) is 11.0 Å². The molecular formula is C19H32F3NO3S2. The van der Waals surface area contributed by atoms with Crippen LogP contribution in [0.2, 0.25) is 0 Å². The van der Waals surface area contributed by atoms with Gasteiger partial charge < -0.3 is 0 Å². The molecule has 0 aromatic heterocycles. The molecule has 0 saturated heterocycles. The second kappa shape index (κ2) is 9.71. The lowest BCUT2D eigenvalue weighted by molar-refractivity contribution is -0.0389. The molecule has 28 heavy (non-hydrogen) atoms. The molecular weight excluding hydrogens is 411 g/mol. The Hall–Kier alpha value is -0.930. The van der Waals surface area contributed by atoms with Gasteiger partial charge in [0, 0.05) is 0 Å². The zero-order chi connectivity index (χ0) is 22.6. The molecule has 1 N–H and O–H groups in total. The predicted octanol–water partition coefficient (Wildman–Crippen LogP) is 5.74. The van der Waals surface area contributed by atoms with E-state index < -0.39 is 26.5 Å². The van der Waals surface area contributed by atoms with Crippen molar-refractivity contribution in [3.8, 4) is 0 Å². The third-order valence-corrected chi connectivity index (χ3v) is 6.65. The topological polar surface area (TPSA) is 63.2 Å². The molecule has 0 bridgehead atoms. The van der Waals surface area contributed by atoms with Gasteiger partial charge in [-0.1, -0.05) is 67.5 Å². The highest BCUT2D eigenvalue weighted by atomic mass is 32.3. The van der Waals surface area contributed by atoms with Crippen molar-refractivity contribution < 1.29 is 25.8 Å². The maximum atomic E-state index is 12.3. The van der Waals surface area contributed by atoms with Crippen LogP contribution < -0.4 is 4.13 Å². The fraction of sp³-hybridized carbons (Fsp3) is 0.684. The molecule has 1 rings (SSSR count). The number of halogens is 3. The van der Waals surface area contributed by atoms with Gasteiger partial charge in [0.05, 0.1) is 4.90 Å². The van der Waals surface area contributed by atoms with E-state index in [-0.39, 0.29) is 21.6 Å². The minimum Gasteiger partial charge on any atom is -0.233 e. The van der Waals surface area contributed by atoms with Gasteiger partial charge in [-0.25, -0.2) is 12.6 Å². The van der Waals surface area contributed by atoms with Gasteiger partial charge in [-0.05, 0) is 40.9 Å². The predicted molar refractivity (Wildman–Crippen MR) is 109 cm³/mol. The summed E-state index contributed by atoms with van der Waals surface area (Å²) in [5.74, 6) is 0.136. The first kappa shape index (κ1) is 27.1. The SMILES string of the molecule is CC.CC(C)(C)CC(c1ccc(S(=O)(=O)NS(=O)C(F)(F)F)cc1)C(C)(C)C. The Morgan fingerprint density at radius 1 is 0.964 bits per heavy atom. The van der Waals surface area contributed by atoms with Crippen molar-refractivity contribution in [3.05, 3.63) is 29.8 Å². The summed E-state index contributed by atoms with van der Waals surface area (Å²) in [6.07, 6.45) is 0.860. The molecule has 2 atom stereocenters. The van der Waals surface area contributed by atoms with Crippen LogP contribution in [-0.2, 0) is 21.0 Å². The van der Waals surface area contributed by atoms with Crippen LogP contribution in [0.15, 0.2) is 29.2 Å². The van der Waals surface area contributed by atoms with Crippen molar-refractivity contribution in [3.63, 3.8) is 0 Å². The Kier molecular flexibility index (Phi) is 9.39. The average Bonchev–Trinajstić information content (AvgIpc) is 2.51. The molecule has 0 heterocycles. The van der Waals surface area contributed by atoms with E-state index in [4.69, 9.17) is 0 Å². The quantitative estimate of drug-likeness (QED) is 0.631. The molecule has 0 radical (unpaired) electrons. The zero-order valence-corrected chi connectivity index (χ0v) is 19.4. The molecule has 4 nitrogen and oxygen atoms in total. The van der Waals surface area contributed by atoms with E-state index in [0.29, 0.717) is 0 Å². The molecule has 1 aromatic carbocycles. The fourth-order valence-electron chi connectivity index (χ4n) is 2.61. The minimum atomic E-state index is -5.16. The van der Waals surface area contributed by atoms with Crippen LogP contribution in [0.4, 0.5) is 13.2 Å². The van der Waals surface area contributed by atoms with Crippen LogP contribution in [0.3, 0.4) is 0 Å². The van der Waals surface area contributed by atoms with Gasteiger partial charge in [-0.2, -0.15) is 13.2 Å². The standard InChI is InChI=1S/C17H26F3NO3S2.C2H6/c1-15(2,3)11-14(16(4,5)6)12-7-9-13(10-8-12)26(23,24)21-25(22)17(18,19)20;1-2/h7-10,14,21H,11H2,1-6H3;1-2H3. The van der Waals surface area contributed by atoms with Crippen LogP contribution in [0.1, 0.15) is 73.3 Å². The van der Waals surface area contributed by atoms with Gasteiger partial charge in [0.25, 0.3) is 10.0 Å². The van der Waals surface area contributed by atoms with Crippen LogP contribution in [-0.4, -0.2) is 18.1 Å². The molecule has 164 valence electrons. The summed E-state index contributed by atoms with van der Waals surface area (Å²) in [4.78, 5) is -0.359. The summed E-state index contributed by atoms with van der Waals surface area (Å²) in [5, 5.41) is 0. The average molecular weight is 444 g/mol. The van der Waals surface area contributed by atoms with Crippen molar-refractivity contribution in [1.29, 1.82) is 0 Å². The van der Waals surface area contributed by atoms with Crippen molar-refractivity contribution in [2.24, 2.45) is 10.8 Å². The maximum Gasteiger partial charge on any atom is 0.486 e. The number of rotatable bonds is 5. The second-order valence-corrected chi connectivity index (χ2v) is 11.7. The van der Waals surface area contributed by atoms with Crippen LogP contribution >= 0.6 is 0 Å². The number of alkyl halides is 3. The van der Waals surface area contributed by atoms with E-state index in [1.165, 1.54) is 12.1 Å². The van der Waals surface area contributed by atoms with E-state index in [0.717, 1.165) is 16.1 Å². The smallest absolute Gasteiger partial charge is 0.233 e. The van der Waals surface area contributed by atoms with Gasteiger partial charge in [0.15, 0.2) is 0 Å². The first-order valence-corrected chi connectivity index (χ1v) is 11.7. The Bertz CT molecular complexity index is 745. The van der Waals surface area contributed by atoms with Crippen LogP contribution in [0.5, 0.6) is 0 Å². The van der Waals surface area contributed by atoms with E-state index >= 15 is 0 Å². The molecule has 0 aliphatic rings. The Balaban J connectivity index is 0.00000352. The van der Waals surface area contributed by atoms with Gasteiger partial charge in [-0.3, -0.25) is 0 Å². The molecule has 0 saturated carbocycles. The van der Waals surface area contributed by atoms with Gasteiger partial charge >= 0.3 is 5.51 Å². The summed E-state index contributed by atoms with van der Waals surface area (Å²) < 4.78 is 73.1. The van der Waals surface area contributed by atoms with Crippen molar-refractivity contribution in [2.75, 3.05) is 0 Å². The number of hydrogen-bond donors (Lipinski definition) is 1. The zero-order valence-electron chi connectivity index (χ0n) is 17.8. The molecule has 0 aliphatic heterocycles. The minimum absolute atomic E-state index is 0.0495. The highest BCUT2D eigenvalue weighted by molar-refractivity contribution is 8.02. The molecule has 9 heteroatoms. The first-order valence-electron chi connectivity index (χ1n) is 9.04. The largest absolute Gasteiger partial charge is 0.486 e. The fourth-order valence-corrected chi connectivity index (χ4v) is 4.67. The monoisotopic (exact) mass is 443 g/mol. The lowest BCUT2D eigenvalue weighted by Crippen LogP contribution is -2.34. The number of sulfonamides is 1. The van der Waals surface area contributed by atoms with Gasteiger partial charge in [-0.15, -0.1) is 4.13 Å². The highest BCUT2D eigenvalue weighted by Crippen LogP contribution is 2.43. The molecule has 1 aromatic rings. The first-order chi connectivity index (χ1) is 12.4. The van der Waals surface area contributed by atoms with Gasteiger partial charge in [0.1, 0.15) is 0 Å². The molecule has 0 fully saturated rings. The van der Waals surface area contributed by atoms with Crippen molar-refractivity contribution >= 4 is 21.0 Å². The van der Waals surface area contributed by atoms with E-state index in [9.17, 15) is 25.8 Å². The summed E-state index contributed by atoms with van der Waals surface area (Å²) >= 11 is 0. The third-order valence-electron chi connectivity index (χ3n) is 3.85. The van der Waals surface area contributed by atoms with E-state index in [1.54, 1.807) is 12.1 Å². The Morgan fingerprint density at radius 3 is 1.71 bits per heavy atom. The summed E-state index contributed by atoms with van der Waals surface area (Å²) in [5.41, 5.74) is -4.28. The maximum absolute atomic E-state index is 12.3. The summed E-state index contributed by atoms with van der Waals surface area (Å²) in [6.45, 7) is 16.6. The van der Waals surface area contributed by atoms with Crippen LogP contribution in [0.25, 0.3) is 0 Å². The van der Waals surface area contributed by atoms with Crippen molar-refractivity contribution in [1.82, 2.24) is 4.13 Å². The normalized spacial score (nSPS) is 15.4. The molecule has 0 spiro atoms. The Morgan fingerprint density at radius 2 is 1.39 bits per heavy atom. The third kappa shape index (κ3) is 8.61. The Labute approximate surface area is 169 Å². The number of benzene rings is 1.